The summed E-state index contributed by atoms with van der Waals surface area (Å²) in [4.78, 5) is 21.3. The van der Waals surface area contributed by atoms with Gasteiger partial charge in [0, 0.05) is 12.6 Å². The van der Waals surface area contributed by atoms with Crippen molar-refractivity contribution in [3.8, 4) is 0 Å². The van der Waals surface area contributed by atoms with Crippen LogP contribution in [0.3, 0.4) is 0 Å². The van der Waals surface area contributed by atoms with Gasteiger partial charge in [-0.3, -0.25) is 14.3 Å². The third-order valence-corrected chi connectivity index (χ3v) is 5.04. The Morgan fingerprint density at radius 3 is 2.86 bits per heavy atom. The molecule has 9 heteroatoms. The lowest BCUT2D eigenvalue weighted by molar-refractivity contribution is 0.0538. The number of halogens is 1. The molecule has 0 atom stereocenters. The smallest absolute Gasteiger partial charge is 0.276 e. The molecule has 29 heavy (non-hydrogen) atoms. The predicted octanol–water partition coefficient (Wildman–Crippen LogP) is 4.05. The Morgan fingerprint density at radius 1 is 1.14 bits per heavy atom. The summed E-state index contributed by atoms with van der Waals surface area (Å²) in [7, 11) is 1.39. The van der Waals surface area contributed by atoms with E-state index in [1.165, 1.54) is 12.8 Å². The van der Waals surface area contributed by atoms with E-state index in [2.05, 4.69) is 26.2 Å². The summed E-state index contributed by atoms with van der Waals surface area (Å²) in [5.74, 6) is 0.280. The molecule has 1 amide bonds. The number of hydrogen-bond donors (Lipinski definition) is 3. The van der Waals surface area contributed by atoms with Gasteiger partial charge >= 0.3 is 0 Å². The summed E-state index contributed by atoms with van der Waals surface area (Å²) in [5.41, 5.74) is 6.12. The fourth-order valence-corrected chi connectivity index (χ4v) is 3.50. The monoisotopic (exact) mass is 412 g/mol. The Kier molecular flexibility index (Phi) is 5.64. The van der Waals surface area contributed by atoms with Gasteiger partial charge in [0.1, 0.15) is 5.82 Å². The van der Waals surface area contributed by atoms with Crippen LogP contribution in [0.1, 0.15) is 28.9 Å². The lowest BCUT2D eigenvalue weighted by Gasteiger charge is -2.16. The predicted molar refractivity (Wildman–Crippen MR) is 112 cm³/mol. The molecule has 0 saturated carbocycles. The number of pyridine rings is 1. The first-order valence-corrected chi connectivity index (χ1v) is 9.70. The van der Waals surface area contributed by atoms with Gasteiger partial charge in [-0.05, 0) is 31.4 Å². The van der Waals surface area contributed by atoms with Crippen LogP contribution >= 0.6 is 11.6 Å². The number of fused-ring (bicyclic) bond motifs is 1. The van der Waals surface area contributed by atoms with Crippen molar-refractivity contribution in [2.24, 2.45) is 0 Å². The van der Waals surface area contributed by atoms with E-state index in [0.29, 0.717) is 27.8 Å². The maximum Gasteiger partial charge on any atom is 0.276 e. The zero-order valence-electron chi connectivity index (χ0n) is 15.9. The SMILES string of the molecule is CONC(=O)c1ccccc1Nc1cc(Nc2cnn3c2CCCC3)ncc1Cl. The first kappa shape index (κ1) is 19.2. The van der Waals surface area contributed by atoms with E-state index in [4.69, 9.17) is 16.4 Å². The summed E-state index contributed by atoms with van der Waals surface area (Å²) in [6.45, 7) is 0.943. The zero-order chi connectivity index (χ0) is 20.2. The topological polar surface area (TPSA) is 93.1 Å². The maximum atomic E-state index is 12.2. The molecule has 1 aliphatic heterocycles. The summed E-state index contributed by atoms with van der Waals surface area (Å²) >= 11 is 6.34. The lowest BCUT2D eigenvalue weighted by Crippen LogP contribution is -2.22. The Balaban J connectivity index is 1.59. The van der Waals surface area contributed by atoms with Crippen LogP contribution in [0, 0.1) is 0 Å². The van der Waals surface area contributed by atoms with Crippen LogP contribution in [0.2, 0.25) is 5.02 Å². The zero-order valence-corrected chi connectivity index (χ0v) is 16.7. The molecule has 3 aromatic rings. The van der Waals surface area contributed by atoms with Crippen molar-refractivity contribution in [3.63, 3.8) is 0 Å². The highest BCUT2D eigenvalue weighted by molar-refractivity contribution is 6.33. The third-order valence-electron chi connectivity index (χ3n) is 4.74. The molecule has 8 nitrogen and oxygen atoms in total. The van der Waals surface area contributed by atoms with Crippen molar-refractivity contribution in [2.75, 3.05) is 17.7 Å². The van der Waals surface area contributed by atoms with Gasteiger partial charge in [0.05, 0.1) is 52.8 Å². The second-order valence-electron chi connectivity index (χ2n) is 6.67. The number of aromatic nitrogens is 3. The van der Waals surface area contributed by atoms with E-state index >= 15 is 0 Å². The van der Waals surface area contributed by atoms with Crippen molar-refractivity contribution < 1.29 is 9.63 Å². The number of carbonyl (C=O) groups excluding carboxylic acids is 1. The molecule has 0 unspecified atom stereocenters. The molecule has 0 saturated heterocycles. The number of carbonyl (C=O) groups is 1. The molecule has 3 heterocycles. The van der Waals surface area contributed by atoms with E-state index in [0.717, 1.165) is 31.5 Å². The highest BCUT2D eigenvalue weighted by Gasteiger charge is 2.16. The average molecular weight is 413 g/mol. The summed E-state index contributed by atoms with van der Waals surface area (Å²) in [5, 5.41) is 11.4. The second kappa shape index (κ2) is 8.50. The molecule has 0 radical (unpaired) electrons. The number of amides is 1. The Morgan fingerprint density at radius 2 is 2.00 bits per heavy atom. The van der Waals surface area contributed by atoms with Crippen LogP contribution in [0.25, 0.3) is 0 Å². The van der Waals surface area contributed by atoms with Crippen LogP contribution in [0.15, 0.2) is 42.7 Å². The standard InChI is InChI=1S/C20H21ClN6O2/c1-29-26-20(28)13-6-2-3-7-15(13)24-16-10-19(22-11-14(16)21)25-17-12-23-27-9-5-4-8-18(17)27/h2-3,6-7,10-12H,4-5,8-9H2,1H3,(H,26,28)(H2,22,24,25). The van der Waals surface area contributed by atoms with Crippen molar-refractivity contribution in [3.05, 3.63) is 59.0 Å². The number of aryl methyl sites for hydroxylation is 1. The fourth-order valence-electron chi connectivity index (χ4n) is 3.35. The van der Waals surface area contributed by atoms with Crippen molar-refractivity contribution in [1.82, 2.24) is 20.2 Å². The molecule has 0 aliphatic carbocycles. The van der Waals surface area contributed by atoms with E-state index in [-0.39, 0.29) is 5.91 Å². The quantitative estimate of drug-likeness (QED) is 0.529. The molecule has 3 N–H and O–H groups in total. The molecular formula is C20H21ClN6O2. The van der Waals surface area contributed by atoms with Gasteiger partial charge in [-0.25, -0.2) is 10.5 Å². The number of para-hydroxylation sites is 1. The van der Waals surface area contributed by atoms with E-state index < -0.39 is 0 Å². The van der Waals surface area contributed by atoms with Gasteiger partial charge < -0.3 is 10.6 Å². The Hall–Kier alpha value is -3.10. The average Bonchev–Trinajstić information content (AvgIpc) is 3.14. The van der Waals surface area contributed by atoms with Crippen molar-refractivity contribution >= 4 is 40.4 Å². The van der Waals surface area contributed by atoms with E-state index in [9.17, 15) is 4.79 Å². The summed E-state index contributed by atoms with van der Waals surface area (Å²) in [6, 6.07) is 8.91. The normalized spacial score (nSPS) is 12.9. The van der Waals surface area contributed by atoms with Crippen LogP contribution < -0.4 is 16.1 Å². The van der Waals surface area contributed by atoms with Gasteiger partial charge in [0.15, 0.2) is 0 Å². The van der Waals surface area contributed by atoms with Crippen LogP contribution in [-0.2, 0) is 17.8 Å². The highest BCUT2D eigenvalue weighted by Crippen LogP contribution is 2.31. The fraction of sp³-hybridized carbons (Fsp3) is 0.250. The number of hydrogen-bond acceptors (Lipinski definition) is 6. The minimum absolute atomic E-state index is 0.356. The highest BCUT2D eigenvalue weighted by atomic mass is 35.5. The van der Waals surface area contributed by atoms with Gasteiger partial charge in [-0.1, -0.05) is 23.7 Å². The number of nitrogens with zero attached hydrogens (tertiary/aromatic N) is 3. The van der Waals surface area contributed by atoms with Crippen molar-refractivity contribution in [2.45, 2.75) is 25.8 Å². The Bertz CT molecular complexity index is 1040. The minimum Gasteiger partial charge on any atom is -0.353 e. The number of rotatable bonds is 6. The van der Waals surface area contributed by atoms with Crippen LogP contribution in [0.4, 0.5) is 22.9 Å². The van der Waals surface area contributed by atoms with Gasteiger partial charge in [0.2, 0.25) is 0 Å². The number of benzene rings is 1. The molecule has 1 aromatic carbocycles. The molecule has 0 bridgehead atoms. The second-order valence-corrected chi connectivity index (χ2v) is 7.07. The van der Waals surface area contributed by atoms with Crippen molar-refractivity contribution in [1.29, 1.82) is 0 Å². The third kappa shape index (κ3) is 4.18. The van der Waals surface area contributed by atoms with E-state index in [1.807, 2.05) is 16.9 Å². The van der Waals surface area contributed by atoms with Gasteiger partial charge in [-0.2, -0.15) is 5.10 Å². The molecule has 1 aliphatic rings. The van der Waals surface area contributed by atoms with Gasteiger partial charge in [-0.15, -0.1) is 0 Å². The summed E-state index contributed by atoms with van der Waals surface area (Å²) in [6.07, 6.45) is 6.69. The summed E-state index contributed by atoms with van der Waals surface area (Å²) < 4.78 is 2.03. The maximum absolute atomic E-state index is 12.2. The molecule has 4 rings (SSSR count). The lowest BCUT2D eigenvalue weighted by atomic mass is 10.1. The minimum atomic E-state index is -0.356. The first-order chi connectivity index (χ1) is 14.2. The van der Waals surface area contributed by atoms with Crippen LogP contribution in [0.5, 0.6) is 0 Å². The molecule has 150 valence electrons. The first-order valence-electron chi connectivity index (χ1n) is 9.32. The number of anilines is 4. The molecule has 0 fully saturated rings. The molecular weight excluding hydrogens is 392 g/mol. The Labute approximate surface area is 173 Å². The molecule has 0 spiro atoms. The molecule has 2 aromatic heterocycles. The number of hydroxylamine groups is 1. The van der Waals surface area contributed by atoms with Crippen LogP contribution in [-0.4, -0.2) is 27.8 Å². The van der Waals surface area contributed by atoms with E-state index in [1.54, 1.807) is 30.5 Å². The largest absolute Gasteiger partial charge is 0.353 e. The number of nitrogens with one attached hydrogen (secondary N) is 3. The van der Waals surface area contributed by atoms with Gasteiger partial charge in [0.25, 0.3) is 5.91 Å².